The van der Waals surface area contributed by atoms with E-state index in [1.807, 2.05) is 6.07 Å². The standard InChI is InChI=1S/C18H24FN3O/c1-3-12-4-13-7-18(2,8-14(13)5-12)21-10-17(23)22-11-15(19)6-16(22)9-20/h1,12-16,21H,4-8,10-11H2,2H3/t12?,13-,14+,15-,16-,18?/m0/s1. The minimum absolute atomic E-state index is 0.0462. The maximum atomic E-state index is 13.4. The van der Waals surface area contributed by atoms with E-state index in [4.69, 9.17) is 11.7 Å². The zero-order valence-electron chi connectivity index (χ0n) is 13.6. The Hall–Kier alpha value is -1.59. The van der Waals surface area contributed by atoms with Crippen molar-refractivity contribution in [2.24, 2.45) is 17.8 Å². The largest absolute Gasteiger partial charge is 0.323 e. The average molecular weight is 317 g/mol. The molecule has 5 heteroatoms. The van der Waals surface area contributed by atoms with Crippen molar-refractivity contribution in [3.63, 3.8) is 0 Å². The zero-order valence-corrected chi connectivity index (χ0v) is 13.6. The lowest BCUT2D eigenvalue weighted by atomic mass is 9.93. The maximum Gasteiger partial charge on any atom is 0.237 e. The zero-order chi connectivity index (χ0) is 16.6. The van der Waals surface area contributed by atoms with Crippen molar-refractivity contribution in [1.82, 2.24) is 10.2 Å². The van der Waals surface area contributed by atoms with Gasteiger partial charge in [-0.25, -0.2) is 4.39 Å². The average Bonchev–Trinajstić information content (AvgIpc) is 3.15. The number of nitriles is 1. The van der Waals surface area contributed by atoms with E-state index >= 15 is 0 Å². The van der Waals surface area contributed by atoms with Gasteiger partial charge in [0.25, 0.3) is 0 Å². The molecular weight excluding hydrogens is 293 g/mol. The van der Waals surface area contributed by atoms with Crippen LogP contribution in [0.2, 0.25) is 0 Å². The topological polar surface area (TPSA) is 56.1 Å². The molecule has 2 aliphatic carbocycles. The van der Waals surface area contributed by atoms with Crippen molar-refractivity contribution in [2.45, 2.75) is 56.8 Å². The number of nitrogens with zero attached hydrogens (tertiary/aromatic N) is 2. The van der Waals surface area contributed by atoms with Crippen molar-refractivity contribution in [1.29, 1.82) is 5.26 Å². The molecule has 2 saturated carbocycles. The molecule has 2 unspecified atom stereocenters. The Balaban J connectivity index is 1.52. The molecule has 0 radical (unpaired) electrons. The van der Waals surface area contributed by atoms with E-state index in [2.05, 4.69) is 18.2 Å². The van der Waals surface area contributed by atoms with Crippen LogP contribution < -0.4 is 5.32 Å². The fourth-order valence-electron chi connectivity index (χ4n) is 4.81. The van der Waals surface area contributed by atoms with E-state index in [1.54, 1.807) is 0 Å². The molecule has 1 N–H and O–H groups in total. The summed E-state index contributed by atoms with van der Waals surface area (Å²) < 4.78 is 13.4. The summed E-state index contributed by atoms with van der Waals surface area (Å²) in [4.78, 5) is 13.7. The Labute approximate surface area is 137 Å². The number of rotatable bonds is 3. The molecule has 1 aliphatic heterocycles. The van der Waals surface area contributed by atoms with E-state index in [0.717, 1.165) is 25.7 Å². The molecule has 0 spiro atoms. The monoisotopic (exact) mass is 317 g/mol. The predicted octanol–water partition coefficient (Wildman–Crippen LogP) is 1.87. The number of hydrogen-bond acceptors (Lipinski definition) is 3. The van der Waals surface area contributed by atoms with E-state index in [-0.39, 0.29) is 31.0 Å². The first kappa shape index (κ1) is 16.3. The van der Waals surface area contributed by atoms with Crippen LogP contribution in [0, 0.1) is 41.4 Å². The van der Waals surface area contributed by atoms with Gasteiger partial charge in [-0.3, -0.25) is 4.79 Å². The van der Waals surface area contributed by atoms with Crippen molar-refractivity contribution in [3.05, 3.63) is 0 Å². The van der Waals surface area contributed by atoms with Gasteiger partial charge in [-0.05, 0) is 44.4 Å². The summed E-state index contributed by atoms with van der Waals surface area (Å²) >= 11 is 0. The van der Waals surface area contributed by atoms with Crippen LogP contribution in [-0.2, 0) is 4.79 Å². The number of likely N-dealkylation sites (tertiary alicyclic amines) is 1. The number of amides is 1. The Morgan fingerprint density at radius 3 is 2.61 bits per heavy atom. The Morgan fingerprint density at radius 2 is 2.04 bits per heavy atom. The lowest BCUT2D eigenvalue weighted by Gasteiger charge is -2.29. The second-order valence-electron chi connectivity index (χ2n) is 7.70. The smallest absolute Gasteiger partial charge is 0.237 e. The number of terminal acetylenes is 1. The molecule has 3 fully saturated rings. The molecule has 4 nitrogen and oxygen atoms in total. The third-order valence-corrected chi connectivity index (χ3v) is 5.89. The maximum absolute atomic E-state index is 13.4. The Bertz CT molecular complexity index is 550. The predicted molar refractivity (Wildman–Crippen MR) is 84.8 cm³/mol. The summed E-state index contributed by atoms with van der Waals surface area (Å²) in [5.74, 6) is 4.42. The molecule has 0 aromatic rings. The highest BCUT2D eigenvalue weighted by molar-refractivity contribution is 5.79. The summed E-state index contributed by atoms with van der Waals surface area (Å²) in [6, 6.07) is 1.41. The minimum Gasteiger partial charge on any atom is -0.323 e. The Kier molecular flexibility index (Phi) is 4.34. The van der Waals surface area contributed by atoms with Crippen LogP contribution in [0.5, 0.6) is 0 Å². The molecule has 1 amide bonds. The van der Waals surface area contributed by atoms with Crippen LogP contribution in [0.25, 0.3) is 0 Å². The first-order valence-corrected chi connectivity index (χ1v) is 8.48. The van der Waals surface area contributed by atoms with Gasteiger partial charge in [0, 0.05) is 17.9 Å². The molecule has 0 bridgehead atoms. The van der Waals surface area contributed by atoms with Gasteiger partial charge in [-0.15, -0.1) is 12.3 Å². The van der Waals surface area contributed by atoms with Gasteiger partial charge < -0.3 is 10.2 Å². The third-order valence-electron chi connectivity index (χ3n) is 5.89. The summed E-state index contributed by atoms with van der Waals surface area (Å²) in [5, 5.41) is 12.4. The molecule has 1 heterocycles. The number of halogens is 1. The number of alkyl halides is 1. The van der Waals surface area contributed by atoms with Crippen LogP contribution in [0.15, 0.2) is 0 Å². The van der Waals surface area contributed by atoms with Crippen LogP contribution in [0.4, 0.5) is 4.39 Å². The second kappa shape index (κ2) is 6.13. The van der Waals surface area contributed by atoms with Gasteiger partial charge in [0.05, 0.1) is 19.2 Å². The molecule has 1 saturated heterocycles. The van der Waals surface area contributed by atoms with Gasteiger partial charge in [0.1, 0.15) is 12.2 Å². The normalized spacial score (nSPS) is 42.3. The number of carbonyl (C=O) groups excluding carboxylic acids is 1. The van der Waals surface area contributed by atoms with Gasteiger partial charge in [0.15, 0.2) is 0 Å². The van der Waals surface area contributed by atoms with Crippen LogP contribution in [-0.4, -0.2) is 41.6 Å². The van der Waals surface area contributed by atoms with Crippen LogP contribution in [0.3, 0.4) is 0 Å². The first-order chi connectivity index (χ1) is 10.9. The van der Waals surface area contributed by atoms with Crippen molar-refractivity contribution in [2.75, 3.05) is 13.1 Å². The fraction of sp³-hybridized carbons (Fsp3) is 0.778. The molecule has 124 valence electrons. The number of nitrogens with one attached hydrogen (secondary N) is 1. The Morgan fingerprint density at radius 1 is 1.39 bits per heavy atom. The second-order valence-corrected chi connectivity index (χ2v) is 7.70. The van der Waals surface area contributed by atoms with E-state index in [0.29, 0.717) is 17.8 Å². The molecule has 0 aromatic heterocycles. The third kappa shape index (κ3) is 3.21. The number of hydrogen-bond donors (Lipinski definition) is 1. The summed E-state index contributed by atoms with van der Waals surface area (Å²) in [6.45, 7) is 2.39. The van der Waals surface area contributed by atoms with Crippen molar-refractivity contribution >= 4 is 5.91 Å². The van der Waals surface area contributed by atoms with Gasteiger partial charge >= 0.3 is 0 Å². The van der Waals surface area contributed by atoms with Gasteiger partial charge in [-0.1, -0.05) is 0 Å². The number of carbonyl (C=O) groups is 1. The molecule has 3 aliphatic rings. The SMILES string of the molecule is C#CC1C[C@@H]2CC(C)(NCC(=O)N3C[C@@H](F)C[C@H]3C#N)C[C@@H]2C1. The summed E-state index contributed by atoms with van der Waals surface area (Å²) in [7, 11) is 0. The first-order valence-electron chi connectivity index (χ1n) is 8.48. The van der Waals surface area contributed by atoms with E-state index < -0.39 is 12.2 Å². The fourth-order valence-corrected chi connectivity index (χ4v) is 4.81. The lowest BCUT2D eigenvalue weighted by molar-refractivity contribution is -0.130. The van der Waals surface area contributed by atoms with Crippen molar-refractivity contribution < 1.29 is 9.18 Å². The highest BCUT2D eigenvalue weighted by atomic mass is 19.1. The van der Waals surface area contributed by atoms with E-state index in [9.17, 15) is 9.18 Å². The molecule has 3 rings (SSSR count). The highest BCUT2D eigenvalue weighted by Gasteiger charge is 2.47. The van der Waals surface area contributed by atoms with Gasteiger partial charge in [-0.2, -0.15) is 5.26 Å². The van der Waals surface area contributed by atoms with Crippen LogP contribution >= 0.6 is 0 Å². The van der Waals surface area contributed by atoms with Gasteiger partial charge in [0.2, 0.25) is 5.91 Å². The molecule has 0 aromatic carbocycles. The quantitative estimate of drug-likeness (QED) is 0.809. The van der Waals surface area contributed by atoms with Crippen molar-refractivity contribution in [3.8, 4) is 18.4 Å². The lowest BCUT2D eigenvalue weighted by Crippen LogP contribution is -2.48. The summed E-state index contributed by atoms with van der Waals surface area (Å²) in [6.07, 6.45) is 8.86. The summed E-state index contributed by atoms with van der Waals surface area (Å²) in [5.41, 5.74) is -0.0540. The highest BCUT2D eigenvalue weighted by Crippen LogP contribution is 2.50. The van der Waals surface area contributed by atoms with E-state index in [1.165, 1.54) is 4.90 Å². The van der Waals surface area contributed by atoms with Crippen LogP contribution in [0.1, 0.15) is 39.0 Å². The number of fused-ring (bicyclic) bond motifs is 1. The molecule has 6 atom stereocenters. The minimum atomic E-state index is -1.08. The molecular formula is C18H24FN3O. The molecule has 23 heavy (non-hydrogen) atoms.